The number of esters is 2. The Kier molecular flexibility index (Phi) is 5.74. The first-order chi connectivity index (χ1) is 13.0. The van der Waals surface area contributed by atoms with Crippen LogP contribution in [0.1, 0.15) is 65.7 Å². The lowest BCUT2D eigenvalue weighted by Gasteiger charge is -2.36. The third kappa shape index (κ3) is 4.03. The predicted molar refractivity (Wildman–Crippen MR) is 103 cm³/mol. The first-order valence-electron chi connectivity index (χ1n) is 10.2. The van der Waals surface area contributed by atoms with Crippen molar-refractivity contribution in [1.29, 1.82) is 0 Å². The molecular formula is C22H32O6. The average Bonchev–Trinajstić information content (AvgIpc) is 2.99. The van der Waals surface area contributed by atoms with Crippen molar-refractivity contribution in [3.05, 3.63) is 24.3 Å². The maximum atomic E-state index is 12.7. The molecule has 3 rings (SSSR count). The van der Waals surface area contributed by atoms with Gasteiger partial charge in [0.25, 0.3) is 0 Å². The van der Waals surface area contributed by atoms with Crippen molar-refractivity contribution in [3.8, 4) is 0 Å². The Morgan fingerprint density at radius 1 is 1.18 bits per heavy atom. The average molecular weight is 392 g/mol. The third-order valence-electron chi connectivity index (χ3n) is 6.77. The van der Waals surface area contributed by atoms with Crippen molar-refractivity contribution in [2.45, 2.75) is 95.2 Å². The molecule has 0 aromatic heterocycles. The van der Waals surface area contributed by atoms with Crippen LogP contribution in [0.3, 0.4) is 0 Å². The molecule has 3 saturated heterocycles. The lowest BCUT2D eigenvalue weighted by Crippen LogP contribution is -2.45. The molecule has 6 nitrogen and oxygen atoms in total. The monoisotopic (exact) mass is 392 g/mol. The molecule has 28 heavy (non-hydrogen) atoms. The van der Waals surface area contributed by atoms with Gasteiger partial charge in [-0.1, -0.05) is 13.2 Å². The van der Waals surface area contributed by atoms with Crippen LogP contribution in [0.25, 0.3) is 0 Å². The summed E-state index contributed by atoms with van der Waals surface area (Å²) in [5.74, 6) is -1.09. The second kappa shape index (κ2) is 7.64. The fourth-order valence-electron chi connectivity index (χ4n) is 4.70. The van der Waals surface area contributed by atoms with Gasteiger partial charge in [0, 0.05) is 12.5 Å². The van der Waals surface area contributed by atoms with Crippen LogP contribution < -0.4 is 0 Å². The molecule has 0 aromatic carbocycles. The van der Waals surface area contributed by atoms with Gasteiger partial charge in [-0.25, -0.2) is 4.79 Å². The van der Waals surface area contributed by atoms with Crippen molar-refractivity contribution < 1.29 is 28.9 Å². The Hall–Kier alpha value is -1.66. The highest BCUT2D eigenvalue weighted by molar-refractivity contribution is 5.89. The van der Waals surface area contributed by atoms with E-state index in [4.69, 9.17) is 14.2 Å². The van der Waals surface area contributed by atoms with E-state index in [0.29, 0.717) is 37.7 Å². The number of aliphatic hydroxyl groups excluding tert-OH is 1. The summed E-state index contributed by atoms with van der Waals surface area (Å²) in [6, 6.07) is 0. The lowest BCUT2D eigenvalue weighted by molar-refractivity contribution is -0.180. The van der Waals surface area contributed by atoms with Gasteiger partial charge in [-0.2, -0.15) is 0 Å². The molecular weight excluding hydrogens is 360 g/mol. The van der Waals surface area contributed by atoms with Crippen molar-refractivity contribution in [3.63, 3.8) is 0 Å². The molecule has 0 radical (unpaired) electrons. The number of aliphatic hydroxyl groups is 1. The molecule has 156 valence electrons. The van der Waals surface area contributed by atoms with Gasteiger partial charge in [0.1, 0.15) is 11.7 Å². The van der Waals surface area contributed by atoms with Crippen LogP contribution in [0.2, 0.25) is 0 Å². The number of hydrogen-bond donors (Lipinski definition) is 1. The van der Waals surface area contributed by atoms with Crippen LogP contribution in [0.15, 0.2) is 24.3 Å². The molecule has 6 heteroatoms. The lowest BCUT2D eigenvalue weighted by atomic mass is 9.80. The Morgan fingerprint density at radius 3 is 2.54 bits per heavy atom. The highest BCUT2D eigenvalue weighted by Crippen LogP contribution is 2.43. The van der Waals surface area contributed by atoms with Gasteiger partial charge < -0.3 is 19.3 Å². The summed E-state index contributed by atoms with van der Waals surface area (Å²) in [5.41, 5.74) is -0.330. The molecule has 3 fully saturated rings. The standard InChI is InChI=1S/C22H32O6/c1-13-6-7-19(26-15(3)23)22(5)10-8-16(14(2)20(25)28-22)12-18(24)21(4)11-9-17(13)27-21/h16-19,24H,1-2,6-12H2,3-5H3/t16-,17-,18+,19-,21-,22-/m1/s1. The second-order valence-electron chi connectivity index (χ2n) is 8.97. The van der Waals surface area contributed by atoms with Gasteiger partial charge >= 0.3 is 11.9 Å². The Balaban J connectivity index is 1.96. The topological polar surface area (TPSA) is 82.1 Å². The van der Waals surface area contributed by atoms with Crippen molar-refractivity contribution >= 4 is 11.9 Å². The number of ether oxygens (including phenoxy) is 3. The first kappa shape index (κ1) is 21.1. The first-order valence-corrected chi connectivity index (χ1v) is 10.2. The molecule has 4 bridgehead atoms. The molecule has 0 aromatic rings. The molecule has 3 aliphatic heterocycles. The van der Waals surface area contributed by atoms with E-state index in [2.05, 4.69) is 13.2 Å². The molecule has 0 spiro atoms. The van der Waals surface area contributed by atoms with Gasteiger partial charge in [0.2, 0.25) is 0 Å². The highest BCUT2D eigenvalue weighted by atomic mass is 16.6. The fraction of sp³-hybridized carbons (Fsp3) is 0.727. The minimum absolute atomic E-state index is 0.128. The summed E-state index contributed by atoms with van der Waals surface area (Å²) in [6.07, 6.45) is 2.73. The van der Waals surface area contributed by atoms with Crippen LogP contribution >= 0.6 is 0 Å². The van der Waals surface area contributed by atoms with Crippen molar-refractivity contribution in [2.24, 2.45) is 5.92 Å². The third-order valence-corrected chi connectivity index (χ3v) is 6.77. The zero-order valence-corrected chi connectivity index (χ0v) is 17.2. The minimum atomic E-state index is -0.941. The normalized spacial score (nSPS) is 42.1. The van der Waals surface area contributed by atoms with Crippen LogP contribution in [-0.4, -0.2) is 46.6 Å². The quantitative estimate of drug-likeness (QED) is 0.419. The maximum absolute atomic E-state index is 12.7. The van der Waals surface area contributed by atoms with Crippen molar-refractivity contribution in [1.82, 2.24) is 0 Å². The zero-order valence-electron chi connectivity index (χ0n) is 17.2. The van der Waals surface area contributed by atoms with Crippen LogP contribution in [-0.2, 0) is 23.8 Å². The van der Waals surface area contributed by atoms with E-state index < -0.39 is 35.3 Å². The van der Waals surface area contributed by atoms with E-state index in [9.17, 15) is 14.7 Å². The van der Waals surface area contributed by atoms with Gasteiger partial charge in [-0.15, -0.1) is 0 Å². The smallest absolute Gasteiger partial charge is 0.334 e. The molecule has 0 amide bonds. The van der Waals surface area contributed by atoms with E-state index in [0.717, 1.165) is 18.4 Å². The Morgan fingerprint density at radius 2 is 1.86 bits per heavy atom. The SMILES string of the molecule is C=C1C(=O)O[C@]2(C)CC[C@@H]1C[C@H](O)[C@@]1(C)CC[C@@H](O1)C(=C)CC[C@H]2OC(C)=O. The summed E-state index contributed by atoms with van der Waals surface area (Å²) in [5, 5.41) is 10.9. The van der Waals surface area contributed by atoms with Gasteiger partial charge in [-0.3, -0.25) is 4.79 Å². The van der Waals surface area contributed by atoms with Gasteiger partial charge in [0.15, 0.2) is 0 Å². The van der Waals surface area contributed by atoms with E-state index in [1.54, 1.807) is 0 Å². The molecule has 0 unspecified atom stereocenters. The summed E-state index contributed by atoms with van der Waals surface area (Å²) in [7, 11) is 0. The van der Waals surface area contributed by atoms with Gasteiger partial charge in [0.05, 0.1) is 17.8 Å². The molecule has 6 atom stereocenters. The summed E-state index contributed by atoms with van der Waals surface area (Å²) in [4.78, 5) is 24.4. The second-order valence-corrected chi connectivity index (χ2v) is 8.97. The number of carbonyl (C=O) groups is 2. The zero-order chi connectivity index (χ0) is 20.7. The Labute approximate surface area is 166 Å². The van der Waals surface area contributed by atoms with E-state index in [1.807, 2.05) is 13.8 Å². The Bertz CT molecular complexity index is 685. The summed E-state index contributed by atoms with van der Waals surface area (Å²) < 4.78 is 17.6. The largest absolute Gasteiger partial charge is 0.458 e. The van der Waals surface area contributed by atoms with Gasteiger partial charge in [-0.05, 0) is 70.3 Å². The highest BCUT2D eigenvalue weighted by Gasteiger charge is 2.48. The summed E-state index contributed by atoms with van der Waals surface area (Å²) in [6.45, 7) is 13.2. The van der Waals surface area contributed by atoms with E-state index >= 15 is 0 Å². The van der Waals surface area contributed by atoms with Crippen LogP contribution in [0, 0.1) is 5.92 Å². The molecule has 3 aliphatic rings. The van der Waals surface area contributed by atoms with Crippen molar-refractivity contribution in [2.75, 3.05) is 0 Å². The van der Waals surface area contributed by atoms with E-state index in [-0.39, 0.29) is 12.0 Å². The maximum Gasteiger partial charge on any atom is 0.334 e. The molecule has 1 N–H and O–H groups in total. The molecule has 0 aliphatic carbocycles. The summed E-state index contributed by atoms with van der Waals surface area (Å²) >= 11 is 0. The molecule has 0 saturated carbocycles. The minimum Gasteiger partial charge on any atom is -0.458 e. The molecule has 3 heterocycles. The predicted octanol–water partition coefficient (Wildman–Crippen LogP) is 3.22. The number of carbonyl (C=O) groups excluding carboxylic acids is 2. The number of hydrogen-bond acceptors (Lipinski definition) is 6. The fourth-order valence-corrected chi connectivity index (χ4v) is 4.70. The van der Waals surface area contributed by atoms with E-state index in [1.165, 1.54) is 6.92 Å². The van der Waals surface area contributed by atoms with Crippen LogP contribution in [0.5, 0.6) is 0 Å². The number of rotatable bonds is 1. The number of fused-ring (bicyclic) bond motifs is 5. The van der Waals surface area contributed by atoms with Crippen LogP contribution in [0.4, 0.5) is 0 Å².